The quantitative estimate of drug-likeness (QED) is 0.754. The number of carbonyl (C=O) groups is 1. The van der Waals surface area contributed by atoms with Gasteiger partial charge in [-0.2, -0.15) is 0 Å². The lowest BCUT2D eigenvalue weighted by Crippen LogP contribution is -2.24. The number of carbonyl (C=O) groups excluding carboxylic acids is 1. The SMILES string of the molecule is CN(Cc1ccc(F)cc1)C(=O)C#CBr. The fourth-order valence-corrected chi connectivity index (χ4v) is 1.24. The van der Waals surface area contributed by atoms with Gasteiger partial charge in [0.2, 0.25) is 0 Å². The van der Waals surface area contributed by atoms with Gasteiger partial charge in [0.05, 0.1) is 0 Å². The Bertz CT molecular complexity index is 405. The van der Waals surface area contributed by atoms with Crippen molar-refractivity contribution in [1.82, 2.24) is 4.90 Å². The molecule has 2 nitrogen and oxygen atoms in total. The lowest BCUT2D eigenvalue weighted by Gasteiger charge is -2.13. The zero-order valence-corrected chi connectivity index (χ0v) is 9.71. The van der Waals surface area contributed by atoms with E-state index in [1.165, 1.54) is 17.0 Å². The lowest BCUT2D eigenvalue weighted by molar-refractivity contribution is -0.124. The molecule has 0 atom stereocenters. The van der Waals surface area contributed by atoms with Gasteiger partial charge in [0.25, 0.3) is 5.91 Å². The van der Waals surface area contributed by atoms with Gasteiger partial charge in [0, 0.05) is 35.4 Å². The summed E-state index contributed by atoms with van der Waals surface area (Å²) in [6, 6.07) is 6.01. The van der Waals surface area contributed by atoms with E-state index in [1.54, 1.807) is 19.2 Å². The normalized spacial score (nSPS) is 9.00. The van der Waals surface area contributed by atoms with Gasteiger partial charge in [-0.25, -0.2) is 4.39 Å². The Kier molecular flexibility index (Phi) is 4.32. The predicted octanol–water partition coefficient (Wildman–Crippen LogP) is 2.14. The van der Waals surface area contributed by atoms with Crippen molar-refractivity contribution in [1.29, 1.82) is 0 Å². The molecule has 0 fully saturated rings. The maximum Gasteiger partial charge on any atom is 0.299 e. The molecule has 0 aliphatic heterocycles. The van der Waals surface area contributed by atoms with Crippen LogP contribution in [0.25, 0.3) is 0 Å². The van der Waals surface area contributed by atoms with Crippen LogP contribution in [0.4, 0.5) is 4.39 Å². The van der Waals surface area contributed by atoms with E-state index in [1.807, 2.05) is 0 Å². The smallest absolute Gasteiger partial charge is 0.299 e. The molecule has 1 aromatic carbocycles. The predicted molar refractivity (Wildman–Crippen MR) is 59.6 cm³/mol. The Morgan fingerprint density at radius 2 is 2.07 bits per heavy atom. The number of nitrogens with zero attached hydrogens (tertiary/aromatic N) is 1. The first kappa shape index (κ1) is 11.7. The van der Waals surface area contributed by atoms with Crippen molar-refractivity contribution < 1.29 is 9.18 Å². The van der Waals surface area contributed by atoms with E-state index < -0.39 is 0 Å². The number of benzene rings is 1. The Morgan fingerprint density at radius 3 is 2.60 bits per heavy atom. The van der Waals surface area contributed by atoms with E-state index in [2.05, 4.69) is 26.7 Å². The van der Waals surface area contributed by atoms with Crippen LogP contribution < -0.4 is 0 Å². The largest absolute Gasteiger partial charge is 0.331 e. The maximum atomic E-state index is 12.6. The van der Waals surface area contributed by atoms with Crippen LogP contribution in [0.3, 0.4) is 0 Å². The molecule has 0 aromatic heterocycles. The third-order valence-electron chi connectivity index (χ3n) is 1.83. The Morgan fingerprint density at radius 1 is 1.47 bits per heavy atom. The van der Waals surface area contributed by atoms with Gasteiger partial charge < -0.3 is 4.90 Å². The number of halogens is 2. The van der Waals surface area contributed by atoms with Crippen LogP contribution in [0.15, 0.2) is 24.3 Å². The van der Waals surface area contributed by atoms with Crippen LogP contribution in [-0.4, -0.2) is 17.9 Å². The van der Waals surface area contributed by atoms with Gasteiger partial charge in [-0.1, -0.05) is 12.1 Å². The van der Waals surface area contributed by atoms with Gasteiger partial charge in [-0.3, -0.25) is 4.79 Å². The van der Waals surface area contributed by atoms with Crippen LogP contribution in [0.1, 0.15) is 5.56 Å². The zero-order chi connectivity index (χ0) is 11.3. The molecule has 0 saturated carbocycles. The van der Waals surface area contributed by atoms with Gasteiger partial charge in [0.1, 0.15) is 5.82 Å². The number of amides is 1. The highest BCUT2D eigenvalue weighted by Gasteiger charge is 2.05. The summed E-state index contributed by atoms with van der Waals surface area (Å²) in [5, 5.41) is 0. The van der Waals surface area contributed by atoms with Gasteiger partial charge in [-0.15, -0.1) is 0 Å². The van der Waals surface area contributed by atoms with Crippen LogP contribution in [0.5, 0.6) is 0 Å². The van der Waals surface area contributed by atoms with E-state index in [-0.39, 0.29) is 11.7 Å². The Hall–Kier alpha value is -1.34. The molecular weight excluding hydrogens is 261 g/mol. The maximum absolute atomic E-state index is 12.6. The molecule has 4 heteroatoms. The van der Waals surface area contributed by atoms with Crippen LogP contribution in [0, 0.1) is 16.6 Å². The van der Waals surface area contributed by atoms with Crippen molar-refractivity contribution >= 4 is 21.8 Å². The first-order valence-corrected chi connectivity index (χ1v) is 5.04. The highest BCUT2D eigenvalue weighted by molar-refractivity contribution is 9.12. The Labute approximate surface area is 96.2 Å². The molecule has 1 aromatic rings. The fourth-order valence-electron chi connectivity index (χ4n) is 1.07. The summed E-state index contributed by atoms with van der Waals surface area (Å²) in [4.78, 5) is 15.1. The standard InChI is InChI=1S/C11H9BrFNO/c1-14(11(15)6-7-12)8-9-2-4-10(13)5-3-9/h2-5H,8H2,1H3. The molecule has 78 valence electrons. The third kappa shape index (κ3) is 3.72. The summed E-state index contributed by atoms with van der Waals surface area (Å²) < 4.78 is 12.6. The molecule has 0 heterocycles. The summed E-state index contributed by atoms with van der Waals surface area (Å²) in [7, 11) is 1.64. The van der Waals surface area contributed by atoms with Crippen LogP contribution in [0.2, 0.25) is 0 Å². The molecule has 0 bridgehead atoms. The van der Waals surface area contributed by atoms with Crippen molar-refractivity contribution in [2.75, 3.05) is 7.05 Å². The molecule has 15 heavy (non-hydrogen) atoms. The van der Waals surface area contributed by atoms with E-state index in [0.29, 0.717) is 6.54 Å². The minimum atomic E-state index is -0.284. The lowest BCUT2D eigenvalue weighted by atomic mass is 10.2. The molecule has 0 N–H and O–H groups in total. The number of hydrogen-bond donors (Lipinski definition) is 0. The second kappa shape index (κ2) is 5.52. The molecule has 1 rings (SSSR count). The average Bonchev–Trinajstić information content (AvgIpc) is 2.22. The summed E-state index contributed by atoms with van der Waals surface area (Å²) in [6.45, 7) is 0.417. The second-order valence-corrected chi connectivity index (χ2v) is 3.40. The van der Waals surface area contributed by atoms with Crippen molar-refractivity contribution in [3.05, 3.63) is 35.6 Å². The van der Waals surface area contributed by atoms with Crippen molar-refractivity contribution in [2.45, 2.75) is 6.54 Å². The van der Waals surface area contributed by atoms with Gasteiger partial charge in [0.15, 0.2) is 0 Å². The second-order valence-electron chi connectivity index (χ2n) is 3.01. The first-order chi connectivity index (χ1) is 7.13. The monoisotopic (exact) mass is 269 g/mol. The van der Waals surface area contributed by atoms with Crippen molar-refractivity contribution in [3.8, 4) is 10.8 Å². The highest BCUT2D eigenvalue weighted by atomic mass is 79.9. The molecule has 0 aliphatic rings. The summed E-state index contributed by atoms with van der Waals surface area (Å²) >= 11 is 2.86. The van der Waals surface area contributed by atoms with E-state index >= 15 is 0 Å². The first-order valence-electron chi connectivity index (χ1n) is 4.24. The fraction of sp³-hybridized carbons (Fsp3) is 0.182. The molecule has 0 unspecified atom stereocenters. The molecule has 0 radical (unpaired) electrons. The topological polar surface area (TPSA) is 20.3 Å². The van der Waals surface area contributed by atoms with E-state index in [4.69, 9.17) is 0 Å². The van der Waals surface area contributed by atoms with Crippen molar-refractivity contribution in [2.24, 2.45) is 0 Å². The van der Waals surface area contributed by atoms with Crippen LogP contribution in [-0.2, 0) is 11.3 Å². The molecule has 0 aliphatic carbocycles. The summed E-state index contributed by atoms with van der Waals surface area (Å²) in [5.74, 6) is 1.79. The number of rotatable bonds is 2. The van der Waals surface area contributed by atoms with Gasteiger partial charge in [-0.05, 0) is 22.5 Å². The molecule has 1 amide bonds. The number of hydrogen-bond acceptors (Lipinski definition) is 1. The average molecular weight is 270 g/mol. The van der Waals surface area contributed by atoms with E-state index in [0.717, 1.165) is 5.56 Å². The molecule has 0 saturated heterocycles. The third-order valence-corrected chi connectivity index (χ3v) is 2.03. The minimum Gasteiger partial charge on any atom is -0.331 e. The summed E-state index contributed by atoms with van der Waals surface area (Å²) in [6.07, 6.45) is 0. The van der Waals surface area contributed by atoms with Crippen LogP contribution >= 0.6 is 15.9 Å². The van der Waals surface area contributed by atoms with Gasteiger partial charge >= 0.3 is 0 Å². The minimum absolute atomic E-state index is 0.281. The summed E-state index contributed by atoms with van der Waals surface area (Å²) in [5.41, 5.74) is 0.864. The zero-order valence-electron chi connectivity index (χ0n) is 8.13. The molecule has 0 spiro atoms. The molecular formula is C11H9BrFNO. The van der Waals surface area contributed by atoms with E-state index in [9.17, 15) is 9.18 Å². The van der Waals surface area contributed by atoms with Crippen molar-refractivity contribution in [3.63, 3.8) is 0 Å². The highest BCUT2D eigenvalue weighted by Crippen LogP contribution is 2.05. The Balaban J connectivity index is 2.64.